The fourth-order valence-electron chi connectivity index (χ4n) is 8.29. The molecule has 0 saturated heterocycles. The minimum Gasteiger partial charge on any atom is -0.493 e. The largest absolute Gasteiger partial charge is 0.493 e. The summed E-state index contributed by atoms with van der Waals surface area (Å²) in [6, 6.07) is 14.3. The number of nitrogens with two attached hydrogens (primary N) is 3. The summed E-state index contributed by atoms with van der Waals surface area (Å²) >= 11 is 0. The first-order valence-electron chi connectivity index (χ1n) is 19.2. The van der Waals surface area contributed by atoms with Crippen LogP contribution in [0.2, 0.25) is 0 Å². The predicted molar refractivity (Wildman–Crippen MR) is 200 cm³/mol. The molecule has 13 heteroatoms. The number of alkyl halides is 6. The standard InChI is InChI=1S/C42H51F6N3O4/c1-2-3-10-52-33-19-29(20-34(22-33)55-13-6-9-51)40-23-35(36(24-40)38-37(25-40)39(38)42(46,47)48)28-14-26(15-30(16-28)41(43,44)45)27-17-31(53-11-4-7-49)21-32(18-27)54-12-5-8-50/h14-22,35,37,39H,2-13,23-25,49-51H2,1H3. The van der Waals surface area contributed by atoms with E-state index in [2.05, 4.69) is 0 Å². The van der Waals surface area contributed by atoms with Crippen LogP contribution in [-0.2, 0) is 11.6 Å². The van der Waals surface area contributed by atoms with Gasteiger partial charge in [-0.25, -0.2) is 0 Å². The third-order valence-corrected chi connectivity index (χ3v) is 10.9. The maximum Gasteiger partial charge on any atom is 0.416 e. The molecule has 0 aliphatic heterocycles. The topological polar surface area (TPSA) is 115 Å². The molecule has 4 atom stereocenters. The molecular formula is C42H51F6N3O4. The molecule has 0 spiro atoms. The Hall–Kier alpha value is -3.94. The number of unbranched alkanes of at least 4 members (excludes halogenated alkanes) is 1. The molecule has 0 amide bonds. The number of ether oxygens (including phenoxy) is 4. The van der Waals surface area contributed by atoms with E-state index in [0.717, 1.165) is 30.5 Å². The lowest BCUT2D eigenvalue weighted by Crippen LogP contribution is -2.26. The van der Waals surface area contributed by atoms with Crippen LogP contribution in [0.5, 0.6) is 23.0 Å². The molecule has 3 aromatic rings. The van der Waals surface area contributed by atoms with Crippen molar-refractivity contribution >= 4 is 0 Å². The van der Waals surface area contributed by atoms with E-state index in [9.17, 15) is 26.3 Å². The number of hydrogen-bond donors (Lipinski definition) is 3. The van der Waals surface area contributed by atoms with Crippen molar-refractivity contribution in [1.29, 1.82) is 0 Å². The Morgan fingerprint density at radius 1 is 0.636 bits per heavy atom. The van der Waals surface area contributed by atoms with Crippen molar-refractivity contribution in [2.75, 3.05) is 46.1 Å². The monoisotopic (exact) mass is 775 g/mol. The van der Waals surface area contributed by atoms with Gasteiger partial charge in [0.1, 0.15) is 23.0 Å². The second kappa shape index (κ2) is 17.1. The van der Waals surface area contributed by atoms with Crippen LogP contribution in [0.1, 0.15) is 80.9 Å². The maximum absolute atomic E-state index is 14.7. The van der Waals surface area contributed by atoms with Crippen LogP contribution in [0, 0.1) is 11.8 Å². The van der Waals surface area contributed by atoms with Crippen molar-refractivity contribution in [2.45, 2.75) is 82.0 Å². The van der Waals surface area contributed by atoms with E-state index in [1.54, 1.807) is 30.3 Å². The number of allylic oxidation sites excluding steroid dienone is 2. The molecule has 55 heavy (non-hydrogen) atoms. The fourth-order valence-corrected chi connectivity index (χ4v) is 8.29. The van der Waals surface area contributed by atoms with E-state index in [1.807, 2.05) is 19.1 Å². The van der Waals surface area contributed by atoms with E-state index in [4.69, 9.17) is 36.1 Å². The highest BCUT2D eigenvalue weighted by molar-refractivity contribution is 5.70. The van der Waals surface area contributed by atoms with Crippen LogP contribution >= 0.6 is 0 Å². The van der Waals surface area contributed by atoms with Gasteiger partial charge in [0, 0.05) is 23.5 Å². The molecule has 0 radical (unpaired) electrons. The lowest BCUT2D eigenvalue weighted by atomic mass is 9.72. The number of fused-ring (bicyclic) bond motifs is 3. The lowest BCUT2D eigenvalue weighted by molar-refractivity contribution is -0.148. The smallest absolute Gasteiger partial charge is 0.416 e. The Balaban J connectivity index is 1.45. The Kier molecular flexibility index (Phi) is 12.6. The number of hydrogen-bond acceptors (Lipinski definition) is 7. The highest BCUT2D eigenvalue weighted by Gasteiger charge is 2.67. The summed E-state index contributed by atoms with van der Waals surface area (Å²) in [7, 11) is 0. The Bertz CT molecular complexity index is 1770. The molecule has 3 aromatic carbocycles. The van der Waals surface area contributed by atoms with E-state index in [1.165, 1.54) is 0 Å². The second-order valence-electron chi connectivity index (χ2n) is 14.9. The Morgan fingerprint density at radius 2 is 1.15 bits per heavy atom. The molecule has 6 N–H and O–H groups in total. The van der Waals surface area contributed by atoms with Crippen molar-refractivity contribution in [3.63, 3.8) is 0 Å². The molecule has 6 rings (SSSR count). The quantitative estimate of drug-likeness (QED) is 0.0633. The molecule has 3 aliphatic rings. The summed E-state index contributed by atoms with van der Waals surface area (Å²) in [6.45, 7) is 4.66. The number of benzene rings is 3. The minimum absolute atomic E-state index is 0.227. The molecule has 300 valence electrons. The average molecular weight is 776 g/mol. The van der Waals surface area contributed by atoms with Gasteiger partial charge in [0.2, 0.25) is 0 Å². The number of halogens is 6. The Labute approximate surface area is 318 Å². The summed E-state index contributed by atoms with van der Waals surface area (Å²) in [5, 5.41) is 0. The summed E-state index contributed by atoms with van der Waals surface area (Å²) in [5.74, 6) is -1.16. The van der Waals surface area contributed by atoms with Crippen LogP contribution in [0.4, 0.5) is 26.3 Å². The van der Waals surface area contributed by atoms with Crippen LogP contribution < -0.4 is 36.1 Å². The minimum atomic E-state index is -4.72. The first kappa shape index (κ1) is 40.7. The molecule has 4 unspecified atom stereocenters. The molecule has 7 nitrogen and oxygen atoms in total. The highest BCUT2D eigenvalue weighted by Crippen LogP contribution is 2.72. The number of rotatable bonds is 19. The third-order valence-electron chi connectivity index (χ3n) is 10.9. The van der Waals surface area contributed by atoms with Crippen LogP contribution in [0.15, 0.2) is 65.7 Å². The third kappa shape index (κ3) is 9.37. The van der Waals surface area contributed by atoms with Crippen LogP contribution in [0.25, 0.3) is 11.1 Å². The zero-order valence-corrected chi connectivity index (χ0v) is 31.2. The zero-order valence-electron chi connectivity index (χ0n) is 31.2. The van der Waals surface area contributed by atoms with Gasteiger partial charge >= 0.3 is 12.4 Å². The molecule has 2 saturated carbocycles. The van der Waals surface area contributed by atoms with Gasteiger partial charge in [-0.15, -0.1) is 0 Å². The highest BCUT2D eigenvalue weighted by atomic mass is 19.4. The molecule has 0 heterocycles. The Morgan fingerprint density at radius 3 is 1.64 bits per heavy atom. The van der Waals surface area contributed by atoms with Gasteiger partial charge in [-0.2, -0.15) is 26.3 Å². The van der Waals surface area contributed by atoms with Gasteiger partial charge in [-0.3, -0.25) is 0 Å². The summed E-state index contributed by atoms with van der Waals surface area (Å²) < 4.78 is 112. The SMILES string of the molecule is CCCCOc1cc(OCCCN)cc(C23CC(=C4C(C2)C4C(F)(F)F)C(c2cc(-c4cc(OCCCN)cc(OCCCN)c4)cc(C(F)(F)F)c2)C3)c1. The van der Waals surface area contributed by atoms with E-state index in [-0.39, 0.29) is 12.0 Å². The maximum atomic E-state index is 14.7. The predicted octanol–water partition coefficient (Wildman–Crippen LogP) is 9.06. The van der Waals surface area contributed by atoms with Gasteiger partial charge in [-0.1, -0.05) is 30.6 Å². The van der Waals surface area contributed by atoms with Crippen molar-refractivity contribution in [1.82, 2.24) is 0 Å². The van der Waals surface area contributed by atoms with Crippen LogP contribution in [0.3, 0.4) is 0 Å². The van der Waals surface area contributed by atoms with Gasteiger partial charge in [0.05, 0.1) is 37.9 Å². The molecule has 2 fully saturated rings. The van der Waals surface area contributed by atoms with Gasteiger partial charge in [0.25, 0.3) is 0 Å². The fraction of sp³-hybridized carbons (Fsp3) is 0.524. The summed E-state index contributed by atoms with van der Waals surface area (Å²) in [6.07, 6.45) is -4.86. The van der Waals surface area contributed by atoms with Crippen molar-refractivity contribution in [3.8, 4) is 34.1 Å². The van der Waals surface area contributed by atoms with E-state index >= 15 is 0 Å². The molecule has 0 aromatic heterocycles. The van der Waals surface area contributed by atoms with Crippen molar-refractivity contribution in [3.05, 3.63) is 82.4 Å². The first-order valence-corrected chi connectivity index (χ1v) is 19.2. The zero-order chi connectivity index (χ0) is 39.4. The van der Waals surface area contributed by atoms with Gasteiger partial charge in [0.15, 0.2) is 0 Å². The molecule has 3 aliphatic carbocycles. The van der Waals surface area contributed by atoms with Gasteiger partial charge < -0.3 is 36.1 Å². The summed E-state index contributed by atoms with van der Waals surface area (Å²) in [5.41, 5.74) is 18.0. The lowest BCUT2D eigenvalue weighted by Gasteiger charge is -2.32. The van der Waals surface area contributed by atoms with Gasteiger partial charge in [-0.05, 0) is 129 Å². The van der Waals surface area contributed by atoms with Crippen molar-refractivity contribution in [2.24, 2.45) is 29.0 Å². The van der Waals surface area contributed by atoms with Crippen LogP contribution in [-0.4, -0.2) is 52.2 Å². The van der Waals surface area contributed by atoms with Crippen molar-refractivity contribution < 1.29 is 45.3 Å². The molecule has 2 bridgehead atoms. The van der Waals surface area contributed by atoms with E-state index < -0.39 is 41.1 Å². The summed E-state index contributed by atoms with van der Waals surface area (Å²) in [4.78, 5) is 0. The van der Waals surface area contributed by atoms with E-state index in [0.29, 0.717) is 123 Å². The average Bonchev–Trinajstić information content (AvgIpc) is 3.80. The normalized spacial score (nSPS) is 21.7. The first-order chi connectivity index (χ1) is 26.3. The molecular weight excluding hydrogens is 724 g/mol. The second-order valence-corrected chi connectivity index (χ2v) is 14.9.